The first-order chi connectivity index (χ1) is 8.71. The van der Waals surface area contributed by atoms with Crippen molar-refractivity contribution in [3.8, 4) is 0 Å². The van der Waals surface area contributed by atoms with Gasteiger partial charge in [0.1, 0.15) is 5.82 Å². The first-order valence-electron chi connectivity index (χ1n) is 6.64. The average molecular weight is 285 g/mol. The van der Waals surface area contributed by atoms with E-state index in [1.54, 1.807) is 12.1 Å². The highest BCUT2D eigenvalue weighted by Gasteiger charge is 2.25. The van der Waals surface area contributed by atoms with E-state index in [1.807, 2.05) is 26.8 Å². The zero-order valence-electron chi connectivity index (χ0n) is 12.4. The van der Waals surface area contributed by atoms with Crippen LogP contribution >= 0.6 is 0 Å². The minimum absolute atomic E-state index is 0.221. The summed E-state index contributed by atoms with van der Waals surface area (Å²) < 4.78 is 28.8. The molecular formula is C15H24FNOS. The molecule has 1 aromatic carbocycles. The molecule has 0 bridgehead atoms. The normalized spacial score (nSPS) is 15.5. The van der Waals surface area contributed by atoms with Crippen LogP contribution in [0.1, 0.15) is 52.6 Å². The summed E-state index contributed by atoms with van der Waals surface area (Å²) in [6.45, 7) is 9.88. The second kappa shape index (κ2) is 6.62. The molecule has 19 heavy (non-hydrogen) atoms. The molecule has 0 fully saturated rings. The summed E-state index contributed by atoms with van der Waals surface area (Å²) in [4.78, 5) is 0. The lowest BCUT2D eigenvalue weighted by atomic mass is 9.97. The molecular weight excluding hydrogens is 261 g/mol. The van der Waals surface area contributed by atoms with Gasteiger partial charge in [-0.2, -0.15) is 0 Å². The van der Waals surface area contributed by atoms with E-state index in [4.69, 9.17) is 0 Å². The van der Waals surface area contributed by atoms with Crippen LogP contribution in [0.5, 0.6) is 0 Å². The number of hydrogen-bond acceptors (Lipinski definition) is 1. The Labute approximate surface area is 118 Å². The monoisotopic (exact) mass is 285 g/mol. The van der Waals surface area contributed by atoms with Gasteiger partial charge in [0, 0.05) is 11.6 Å². The summed E-state index contributed by atoms with van der Waals surface area (Å²) in [6, 6.07) is 6.47. The Morgan fingerprint density at radius 2 is 1.84 bits per heavy atom. The van der Waals surface area contributed by atoms with Crippen LogP contribution in [-0.2, 0) is 11.0 Å². The van der Waals surface area contributed by atoms with Crippen LogP contribution in [0, 0.1) is 11.7 Å². The Balaban J connectivity index is 2.96. The number of halogens is 1. The van der Waals surface area contributed by atoms with Crippen LogP contribution in [0.4, 0.5) is 4.39 Å². The van der Waals surface area contributed by atoms with Crippen LogP contribution in [0.2, 0.25) is 0 Å². The van der Waals surface area contributed by atoms with Gasteiger partial charge in [-0.05, 0) is 39.2 Å². The molecule has 0 heterocycles. The molecule has 0 saturated heterocycles. The summed E-state index contributed by atoms with van der Waals surface area (Å²) in [7, 11) is -1.21. The number of hydrogen-bond donors (Lipinski definition) is 1. The van der Waals surface area contributed by atoms with Gasteiger partial charge >= 0.3 is 0 Å². The maximum Gasteiger partial charge on any atom is 0.128 e. The molecule has 1 N–H and O–H groups in total. The van der Waals surface area contributed by atoms with Gasteiger partial charge in [0.05, 0.1) is 15.7 Å². The van der Waals surface area contributed by atoms with E-state index < -0.39 is 11.0 Å². The quantitative estimate of drug-likeness (QED) is 0.871. The fourth-order valence-corrected chi connectivity index (χ4v) is 2.61. The van der Waals surface area contributed by atoms with Gasteiger partial charge in [-0.15, -0.1) is 0 Å². The van der Waals surface area contributed by atoms with E-state index >= 15 is 0 Å². The van der Waals surface area contributed by atoms with E-state index in [-0.39, 0.29) is 16.6 Å². The molecule has 108 valence electrons. The molecule has 0 radical (unpaired) electrons. The van der Waals surface area contributed by atoms with Crippen molar-refractivity contribution in [2.45, 2.75) is 51.8 Å². The van der Waals surface area contributed by atoms with Crippen LogP contribution < -0.4 is 4.72 Å². The first kappa shape index (κ1) is 16.3. The summed E-state index contributed by atoms with van der Waals surface area (Å²) in [5, 5.41) is 0. The summed E-state index contributed by atoms with van der Waals surface area (Å²) in [5.74, 6) is 0.153. The van der Waals surface area contributed by atoms with Crippen molar-refractivity contribution in [2.24, 2.45) is 5.92 Å². The lowest BCUT2D eigenvalue weighted by molar-refractivity contribution is 0.462. The zero-order valence-corrected chi connectivity index (χ0v) is 13.2. The predicted octanol–water partition coefficient (Wildman–Crippen LogP) is 3.96. The third kappa shape index (κ3) is 5.03. The standard InChI is InChI=1S/C15H24FNOS/c1-11(2)10-14(17-19(18)15(3,4)5)12-8-6-7-9-13(12)16/h6-9,11,14,17H,10H2,1-5H3. The van der Waals surface area contributed by atoms with E-state index in [2.05, 4.69) is 18.6 Å². The summed E-state index contributed by atoms with van der Waals surface area (Å²) in [5.41, 5.74) is 0.591. The largest absolute Gasteiger partial charge is 0.242 e. The van der Waals surface area contributed by atoms with Gasteiger partial charge in [-0.1, -0.05) is 32.0 Å². The fraction of sp³-hybridized carbons (Fsp3) is 0.600. The van der Waals surface area contributed by atoms with Crippen molar-refractivity contribution in [1.82, 2.24) is 4.72 Å². The topological polar surface area (TPSA) is 29.1 Å². The molecule has 1 rings (SSSR count). The van der Waals surface area contributed by atoms with Crippen molar-refractivity contribution >= 4 is 11.0 Å². The maximum absolute atomic E-state index is 13.9. The molecule has 0 aliphatic rings. The third-order valence-corrected chi connectivity index (χ3v) is 4.40. The van der Waals surface area contributed by atoms with Crippen LogP contribution in [0.15, 0.2) is 24.3 Å². The van der Waals surface area contributed by atoms with Gasteiger partial charge in [0.25, 0.3) is 0 Å². The van der Waals surface area contributed by atoms with E-state index in [0.29, 0.717) is 11.5 Å². The second-order valence-electron chi connectivity index (χ2n) is 6.20. The Kier molecular flexibility index (Phi) is 5.68. The van der Waals surface area contributed by atoms with Gasteiger partial charge in [0.15, 0.2) is 0 Å². The number of nitrogens with one attached hydrogen (secondary N) is 1. The molecule has 0 aromatic heterocycles. The smallest absolute Gasteiger partial charge is 0.128 e. The second-order valence-corrected chi connectivity index (χ2v) is 8.20. The molecule has 0 spiro atoms. The summed E-state index contributed by atoms with van der Waals surface area (Å²) >= 11 is 0. The third-order valence-electron chi connectivity index (χ3n) is 2.79. The van der Waals surface area contributed by atoms with Gasteiger partial charge < -0.3 is 0 Å². The molecule has 2 atom stereocenters. The van der Waals surface area contributed by atoms with E-state index in [1.165, 1.54) is 6.07 Å². The number of benzene rings is 1. The molecule has 2 unspecified atom stereocenters. The van der Waals surface area contributed by atoms with Crippen molar-refractivity contribution in [3.05, 3.63) is 35.6 Å². The van der Waals surface area contributed by atoms with Crippen molar-refractivity contribution in [1.29, 1.82) is 0 Å². The Morgan fingerprint density at radius 1 is 1.26 bits per heavy atom. The first-order valence-corrected chi connectivity index (χ1v) is 7.79. The molecule has 0 aliphatic heterocycles. The minimum atomic E-state index is -1.21. The van der Waals surface area contributed by atoms with Gasteiger partial charge in [-0.25, -0.2) is 13.3 Å². The molecule has 0 saturated carbocycles. The zero-order chi connectivity index (χ0) is 14.6. The Morgan fingerprint density at radius 3 is 2.32 bits per heavy atom. The lowest BCUT2D eigenvalue weighted by Gasteiger charge is -2.26. The minimum Gasteiger partial charge on any atom is -0.242 e. The molecule has 1 aromatic rings. The van der Waals surface area contributed by atoms with E-state index in [0.717, 1.165) is 6.42 Å². The van der Waals surface area contributed by atoms with E-state index in [9.17, 15) is 8.60 Å². The van der Waals surface area contributed by atoms with Crippen molar-refractivity contribution < 1.29 is 8.60 Å². The fourth-order valence-electron chi connectivity index (χ4n) is 1.77. The Hall–Kier alpha value is -0.740. The summed E-state index contributed by atoms with van der Waals surface area (Å²) in [6.07, 6.45) is 0.753. The van der Waals surface area contributed by atoms with Crippen molar-refractivity contribution in [2.75, 3.05) is 0 Å². The van der Waals surface area contributed by atoms with Crippen molar-refractivity contribution in [3.63, 3.8) is 0 Å². The van der Waals surface area contributed by atoms with Crippen LogP contribution in [0.25, 0.3) is 0 Å². The highest BCUT2D eigenvalue weighted by molar-refractivity contribution is 7.84. The predicted molar refractivity (Wildman–Crippen MR) is 79.6 cm³/mol. The van der Waals surface area contributed by atoms with Crippen LogP contribution in [0.3, 0.4) is 0 Å². The maximum atomic E-state index is 13.9. The van der Waals surface area contributed by atoms with Crippen LogP contribution in [-0.4, -0.2) is 8.96 Å². The Bertz CT molecular complexity index is 440. The highest BCUT2D eigenvalue weighted by atomic mass is 32.2. The lowest BCUT2D eigenvalue weighted by Crippen LogP contribution is -2.36. The van der Waals surface area contributed by atoms with Gasteiger partial charge in [-0.3, -0.25) is 0 Å². The SMILES string of the molecule is CC(C)CC(NS(=O)C(C)(C)C)c1ccccc1F. The molecule has 0 aliphatic carbocycles. The van der Waals surface area contributed by atoms with Gasteiger partial charge in [0.2, 0.25) is 0 Å². The highest BCUT2D eigenvalue weighted by Crippen LogP contribution is 2.25. The number of rotatable bonds is 5. The molecule has 2 nitrogen and oxygen atoms in total. The molecule has 0 amide bonds. The molecule has 4 heteroatoms. The average Bonchev–Trinajstić information content (AvgIpc) is 2.26.